The van der Waals surface area contributed by atoms with Crippen molar-refractivity contribution in [2.45, 2.75) is 71.8 Å². The highest BCUT2D eigenvalue weighted by atomic mass is 14.6. The molecule has 2 N–H and O–H groups in total. The summed E-state index contributed by atoms with van der Waals surface area (Å²) >= 11 is 0. The van der Waals surface area contributed by atoms with E-state index >= 15 is 0 Å². The molecule has 3 atom stereocenters. The zero-order valence-corrected chi connectivity index (χ0v) is 10.8. The average Bonchev–Trinajstić information content (AvgIpc) is 2.22. The van der Waals surface area contributed by atoms with Crippen molar-refractivity contribution >= 4 is 0 Å². The molecule has 1 saturated carbocycles. The van der Waals surface area contributed by atoms with Crippen molar-refractivity contribution in [3.63, 3.8) is 0 Å². The van der Waals surface area contributed by atoms with E-state index in [4.69, 9.17) is 5.73 Å². The van der Waals surface area contributed by atoms with Gasteiger partial charge in [-0.1, -0.05) is 40.0 Å². The normalized spacial score (nSPS) is 32.2. The van der Waals surface area contributed by atoms with Crippen LogP contribution in [0.5, 0.6) is 0 Å². The molecule has 1 heteroatoms. The second-order valence-corrected chi connectivity index (χ2v) is 5.57. The fraction of sp³-hybridized carbons (Fsp3) is 1.00. The maximum Gasteiger partial charge on any atom is 0.00415 e. The van der Waals surface area contributed by atoms with Gasteiger partial charge in [-0.3, -0.25) is 0 Å². The third kappa shape index (κ3) is 4.14. The lowest BCUT2D eigenvalue weighted by atomic mass is 9.75. The second kappa shape index (κ2) is 6.52. The first-order valence-corrected chi connectivity index (χ1v) is 6.92. The molecule has 0 aromatic heterocycles. The van der Waals surface area contributed by atoms with Crippen LogP contribution in [0.25, 0.3) is 0 Å². The highest BCUT2D eigenvalue weighted by Crippen LogP contribution is 2.33. The third-order valence-electron chi connectivity index (χ3n) is 4.49. The molecule has 3 unspecified atom stereocenters. The Hall–Kier alpha value is -0.0400. The van der Waals surface area contributed by atoms with Gasteiger partial charge in [0.05, 0.1) is 0 Å². The van der Waals surface area contributed by atoms with E-state index in [9.17, 15) is 0 Å². The molecule has 0 radical (unpaired) electrons. The van der Waals surface area contributed by atoms with E-state index in [-0.39, 0.29) is 0 Å². The molecule has 0 bridgehead atoms. The quantitative estimate of drug-likeness (QED) is 0.731. The van der Waals surface area contributed by atoms with Crippen LogP contribution in [-0.4, -0.2) is 6.04 Å². The fourth-order valence-corrected chi connectivity index (χ4v) is 3.08. The van der Waals surface area contributed by atoms with Crippen molar-refractivity contribution in [2.24, 2.45) is 23.5 Å². The van der Waals surface area contributed by atoms with Crippen LogP contribution in [0.4, 0.5) is 0 Å². The topological polar surface area (TPSA) is 26.0 Å². The molecule has 1 fully saturated rings. The van der Waals surface area contributed by atoms with Gasteiger partial charge in [-0.2, -0.15) is 0 Å². The molecule has 1 aliphatic carbocycles. The van der Waals surface area contributed by atoms with E-state index in [1.165, 1.54) is 44.9 Å². The molecule has 1 nitrogen and oxygen atoms in total. The summed E-state index contributed by atoms with van der Waals surface area (Å²) in [5.74, 6) is 2.79. The van der Waals surface area contributed by atoms with Gasteiger partial charge < -0.3 is 5.73 Å². The molecule has 0 heterocycles. The largest absolute Gasteiger partial charge is 0.328 e. The Labute approximate surface area is 95.8 Å². The van der Waals surface area contributed by atoms with E-state index in [1.807, 2.05) is 0 Å². The van der Waals surface area contributed by atoms with E-state index in [0.29, 0.717) is 6.04 Å². The van der Waals surface area contributed by atoms with Crippen LogP contribution >= 0.6 is 0 Å². The van der Waals surface area contributed by atoms with Gasteiger partial charge in [0.25, 0.3) is 0 Å². The summed E-state index contributed by atoms with van der Waals surface area (Å²) in [6, 6.07) is 0.490. The smallest absolute Gasteiger partial charge is 0.00415 e. The number of hydrogen-bond acceptors (Lipinski definition) is 1. The Morgan fingerprint density at radius 1 is 1.20 bits per heavy atom. The van der Waals surface area contributed by atoms with Gasteiger partial charge in [0.2, 0.25) is 0 Å². The van der Waals surface area contributed by atoms with Gasteiger partial charge in [-0.15, -0.1) is 0 Å². The van der Waals surface area contributed by atoms with Crippen LogP contribution in [0.15, 0.2) is 0 Å². The summed E-state index contributed by atoms with van der Waals surface area (Å²) in [7, 11) is 0. The molecule has 15 heavy (non-hydrogen) atoms. The summed E-state index contributed by atoms with van der Waals surface area (Å²) in [6.45, 7) is 7.05. The van der Waals surface area contributed by atoms with E-state index in [2.05, 4.69) is 20.8 Å². The minimum atomic E-state index is 0.490. The molecule has 0 aromatic carbocycles. The number of nitrogens with two attached hydrogens (primary N) is 1. The lowest BCUT2D eigenvalue weighted by molar-refractivity contribution is 0.206. The van der Waals surface area contributed by atoms with Crippen LogP contribution in [0.3, 0.4) is 0 Å². The summed E-state index contributed by atoms with van der Waals surface area (Å²) in [4.78, 5) is 0. The SMILES string of the molecule is CCC(CC)CCC1CCC(N)CC1C. The first-order valence-electron chi connectivity index (χ1n) is 6.92. The van der Waals surface area contributed by atoms with Crippen molar-refractivity contribution in [3.8, 4) is 0 Å². The summed E-state index contributed by atoms with van der Waals surface area (Å²) in [5.41, 5.74) is 6.00. The molecule has 1 aliphatic rings. The fourth-order valence-electron chi connectivity index (χ4n) is 3.08. The first-order chi connectivity index (χ1) is 7.17. The lowest BCUT2D eigenvalue weighted by Gasteiger charge is -2.33. The Morgan fingerprint density at radius 3 is 2.40 bits per heavy atom. The summed E-state index contributed by atoms with van der Waals surface area (Å²) in [6.07, 6.45) is 9.50. The maximum absolute atomic E-state index is 6.00. The minimum absolute atomic E-state index is 0.490. The van der Waals surface area contributed by atoms with Gasteiger partial charge in [0.1, 0.15) is 0 Å². The molecule has 1 rings (SSSR count). The Kier molecular flexibility index (Phi) is 5.66. The zero-order chi connectivity index (χ0) is 11.3. The van der Waals surface area contributed by atoms with E-state index < -0.39 is 0 Å². The molecule has 0 spiro atoms. The Bertz CT molecular complexity index is 163. The lowest BCUT2D eigenvalue weighted by Crippen LogP contribution is -2.32. The predicted molar refractivity (Wildman–Crippen MR) is 67.8 cm³/mol. The van der Waals surface area contributed by atoms with E-state index in [0.717, 1.165) is 17.8 Å². The highest BCUT2D eigenvalue weighted by Gasteiger charge is 2.25. The van der Waals surface area contributed by atoms with Crippen molar-refractivity contribution < 1.29 is 0 Å². The Balaban J connectivity index is 2.26. The highest BCUT2D eigenvalue weighted by molar-refractivity contribution is 4.79. The standard InChI is InChI=1S/C14H29N/c1-4-12(5-2)6-7-13-8-9-14(15)10-11(13)3/h11-14H,4-10,15H2,1-3H3. The monoisotopic (exact) mass is 211 g/mol. The molecule has 90 valence electrons. The molecular formula is C14H29N. The van der Waals surface area contributed by atoms with Crippen LogP contribution in [0.2, 0.25) is 0 Å². The van der Waals surface area contributed by atoms with Crippen molar-refractivity contribution in [1.82, 2.24) is 0 Å². The molecule has 0 amide bonds. The first kappa shape index (κ1) is 13.0. The van der Waals surface area contributed by atoms with Crippen LogP contribution in [0.1, 0.15) is 65.7 Å². The number of hydrogen-bond donors (Lipinski definition) is 1. The predicted octanol–water partition coefficient (Wildman–Crippen LogP) is 3.97. The van der Waals surface area contributed by atoms with Crippen LogP contribution in [0, 0.1) is 17.8 Å². The Morgan fingerprint density at radius 2 is 1.87 bits per heavy atom. The minimum Gasteiger partial charge on any atom is -0.328 e. The van der Waals surface area contributed by atoms with Crippen LogP contribution < -0.4 is 5.73 Å². The van der Waals surface area contributed by atoms with Crippen molar-refractivity contribution in [2.75, 3.05) is 0 Å². The van der Waals surface area contributed by atoms with Gasteiger partial charge in [0, 0.05) is 6.04 Å². The third-order valence-corrected chi connectivity index (χ3v) is 4.49. The van der Waals surface area contributed by atoms with Crippen LogP contribution in [-0.2, 0) is 0 Å². The van der Waals surface area contributed by atoms with Gasteiger partial charge >= 0.3 is 0 Å². The molecule has 0 saturated heterocycles. The molecular weight excluding hydrogens is 182 g/mol. The maximum atomic E-state index is 6.00. The van der Waals surface area contributed by atoms with E-state index in [1.54, 1.807) is 0 Å². The van der Waals surface area contributed by atoms with Gasteiger partial charge in [0.15, 0.2) is 0 Å². The average molecular weight is 211 g/mol. The molecule has 0 aliphatic heterocycles. The van der Waals surface area contributed by atoms with Gasteiger partial charge in [-0.05, 0) is 43.4 Å². The van der Waals surface area contributed by atoms with Crippen molar-refractivity contribution in [3.05, 3.63) is 0 Å². The van der Waals surface area contributed by atoms with Crippen molar-refractivity contribution in [1.29, 1.82) is 0 Å². The summed E-state index contributed by atoms with van der Waals surface area (Å²) < 4.78 is 0. The van der Waals surface area contributed by atoms with Gasteiger partial charge in [-0.25, -0.2) is 0 Å². The second-order valence-electron chi connectivity index (χ2n) is 5.57. The molecule has 0 aromatic rings. The zero-order valence-electron chi connectivity index (χ0n) is 10.8. The number of rotatable bonds is 5. The summed E-state index contributed by atoms with van der Waals surface area (Å²) in [5, 5.41) is 0.